The number of methoxy groups -OCH3 is 1. The van der Waals surface area contributed by atoms with E-state index in [4.69, 9.17) is 23.7 Å². The summed E-state index contributed by atoms with van der Waals surface area (Å²) in [7, 11) is 1.55. The highest BCUT2D eigenvalue weighted by atomic mass is 16.8. The third-order valence-electron chi connectivity index (χ3n) is 4.67. The van der Waals surface area contributed by atoms with Crippen LogP contribution in [0.25, 0.3) is 0 Å². The first kappa shape index (κ1) is 18.8. The molecule has 140 valence electrons. The zero-order valence-corrected chi connectivity index (χ0v) is 14.9. The topological polar surface area (TPSA) is 66.4 Å². The second-order valence-electron chi connectivity index (χ2n) is 6.49. The van der Waals surface area contributed by atoms with Crippen LogP contribution in [-0.4, -0.2) is 56.1 Å². The van der Waals surface area contributed by atoms with Crippen LogP contribution >= 0.6 is 0 Å². The number of hydrogen-bond acceptors (Lipinski definition) is 6. The van der Waals surface area contributed by atoms with Gasteiger partial charge < -0.3 is 28.8 Å². The van der Waals surface area contributed by atoms with E-state index in [1.807, 2.05) is 30.3 Å². The number of aliphatic hydroxyl groups excluding tert-OH is 1. The second kappa shape index (κ2) is 9.07. The highest BCUT2D eigenvalue weighted by molar-refractivity contribution is 5.16. The smallest absolute Gasteiger partial charge is 0.186 e. The molecule has 2 heterocycles. The Labute approximate surface area is 149 Å². The normalized spacial score (nSPS) is 35.3. The Morgan fingerprint density at radius 1 is 1.16 bits per heavy atom. The molecule has 1 N–H and O–H groups in total. The van der Waals surface area contributed by atoms with Crippen LogP contribution in [0, 0.1) is 0 Å². The molecule has 0 aliphatic carbocycles. The van der Waals surface area contributed by atoms with Crippen molar-refractivity contribution in [3.8, 4) is 0 Å². The van der Waals surface area contributed by atoms with Crippen LogP contribution in [0.4, 0.5) is 0 Å². The number of hydrogen-bond donors (Lipinski definition) is 1. The molecule has 6 atom stereocenters. The SMILES string of the molecule is CCCCCO[C@H]1[C@@H](OC)O[C@@H]2COC(c3ccccc3)O[C@H]2[C@@H]1O. The minimum absolute atomic E-state index is 0.337. The summed E-state index contributed by atoms with van der Waals surface area (Å²) in [6.45, 7) is 3.04. The molecular weight excluding hydrogens is 324 g/mol. The first-order valence-electron chi connectivity index (χ1n) is 9.04. The van der Waals surface area contributed by atoms with Crippen molar-refractivity contribution in [3.63, 3.8) is 0 Å². The van der Waals surface area contributed by atoms with Crippen molar-refractivity contribution in [2.75, 3.05) is 20.3 Å². The third kappa shape index (κ3) is 4.39. The molecule has 0 amide bonds. The molecule has 2 saturated heterocycles. The van der Waals surface area contributed by atoms with Gasteiger partial charge in [-0.3, -0.25) is 0 Å². The largest absolute Gasteiger partial charge is 0.387 e. The average Bonchev–Trinajstić information content (AvgIpc) is 2.67. The van der Waals surface area contributed by atoms with E-state index in [0.29, 0.717) is 13.2 Å². The minimum Gasteiger partial charge on any atom is -0.387 e. The summed E-state index contributed by atoms with van der Waals surface area (Å²) >= 11 is 0. The lowest BCUT2D eigenvalue weighted by Gasteiger charge is -2.47. The van der Waals surface area contributed by atoms with Crippen LogP contribution in [0.1, 0.15) is 38.0 Å². The van der Waals surface area contributed by atoms with Crippen LogP contribution in [0.15, 0.2) is 30.3 Å². The van der Waals surface area contributed by atoms with Gasteiger partial charge in [0.2, 0.25) is 0 Å². The maximum atomic E-state index is 10.8. The standard InChI is InChI=1S/C19H28O6/c1-3-4-8-11-22-17-15(20)16-14(24-19(17)21-2)12-23-18(25-16)13-9-6-5-7-10-13/h5-7,9-10,14-20H,3-4,8,11-12H2,1-2H3/t14-,15+,16-,17-,18?,19+/m1/s1. The average molecular weight is 352 g/mol. The Morgan fingerprint density at radius 2 is 1.96 bits per heavy atom. The predicted octanol–water partition coefficient (Wildman–Crippen LogP) is 2.41. The van der Waals surface area contributed by atoms with Crippen molar-refractivity contribution in [1.29, 1.82) is 0 Å². The van der Waals surface area contributed by atoms with Gasteiger partial charge in [0.05, 0.1) is 6.61 Å². The van der Waals surface area contributed by atoms with E-state index in [1.54, 1.807) is 7.11 Å². The highest BCUT2D eigenvalue weighted by Gasteiger charge is 2.50. The molecule has 1 aromatic rings. The lowest BCUT2D eigenvalue weighted by Crippen LogP contribution is -2.62. The van der Waals surface area contributed by atoms with Crippen LogP contribution in [0.5, 0.6) is 0 Å². The summed E-state index contributed by atoms with van der Waals surface area (Å²) in [6, 6.07) is 9.69. The quantitative estimate of drug-likeness (QED) is 0.760. The van der Waals surface area contributed by atoms with Crippen LogP contribution in [-0.2, 0) is 23.7 Å². The van der Waals surface area contributed by atoms with Crippen LogP contribution in [0.3, 0.4) is 0 Å². The molecule has 2 aliphatic rings. The van der Waals surface area contributed by atoms with Gasteiger partial charge in [0.25, 0.3) is 0 Å². The van der Waals surface area contributed by atoms with E-state index in [-0.39, 0.29) is 6.10 Å². The van der Waals surface area contributed by atoms with Crippen molar-refractivity contribution in [2.45, 2.75) is 63.2 Å². The van der Waals surface area contributed by atoms with E-state index in [9.17, 15) is 5.11 Å². The molecule has 25 heavy (non-hydrogen) atoms. The van der Waals surface area contributed by atoms with Crippen molar-refractivity contribution >= 4 is 0 Å². The van der Waals surface area contributed by atoms with E-state index in [1.165, 1.54) is 0 Å². The maximum Gasteiger partial charge on any atom is 0.186 e. The Hall–Kier alpha value is -1.02. The fraction of sp³-hybridized carbons (Fsp3) is 0.684. The van der Waals surface area contributed by atoms with Crippen LogP contribution < -0.4 is 0 Å². The molecule has 6 heteroatoms. The summed E-state index contributed by atoms with van der Waals surface area (Å²) in [4.78, 5) is 0. The molecule has 0 spiro atoms. The third-order valence-corrected chi connectivity index (χ3v) is 4.67. The lowest BCUT2D eigenvalue weighted by atomic mass is 9.97. The van der Waals surface area contributed by atoms with E-state index < -0.39 is 30.9 Å². The van der Waals surface area contributed by atoms with E-state index in [0.717, 1.165) is 24.8 Å². The second-order valence-corrected chi connectivity index (χ2v) is 6.49. The number of fused-ring (bicyclic) bond motifs is 1. The zero-order valence-electron chi connectivity index (χ0n) is 14.9. The van der Waals surface area contributed by atoms with Crippen molar-refractivity contribution in [3.05, 3.63) is 35.9 Å². The monoisotopic (exact) mass is 352 g/mol. The van der Waals surface area contributed by atoms with Gasteiger partial charge in [0, 0.05) is 19.3 Å². The van der Waals surface area contributed by atoms with Gasteiger partial charge in [0.1, 0.15) is 24.4 Å². The summed E-state index contributed by atoms with van der Waals surface area (Å²) < 4.78 is 28.9. The molecule has 2 fully saturated rings. The minimum atomic E-state index is -0.833. The molecule has 1 aromatic carbocycles. The fourth-order valence-electron chi connectivity index (χ4n) is 3.28. The molecule has 0 bridgehead atoms. The maximum absolute atomic E-state index is 10.8. The van der Waals surface area contributed by atoms with Gasteiger partial charge in [-0.2, -0.15) is 0 Å². The number of benzene rings is 1. The molecule has 0 saturated carbocycles. The fourth-order valence-corrected chi connectivity index (χ4v) is 3.28. The Morgan fingerprint density at radius 3 is 2.68 bits per heavy atom. The van der Waals surface area contributed by atoms with Gasteiger partial charge in [-0.15, -0.1) is 0 Å². The van der Waals surface area contributed by atoms with E-state index >= 15 is 0 Å². The first-order valence-corrected chi connectivity index (χ1v) is 9.04. The molecule has 6 nitrogen and oxygen atoms in total. The summed E-state index contributed by atoms with van der Waals surface area (Å²) in [5, 5.41) is 10.8. The summed E-state index contributed by atoms with van der Waals surface area (Å²) in [6.07, 6.45) is -0.284. The first-order chi connectivity index (χ1) is 12.2. The molecule has 0 radical (unpaired) electrons. The van der Waals surface area contributed by atoms with Gasteiger partial charge in [-0.25, -0.2) is 0 Å². The predicted molar refractivity (Wildman–Crippen MR) is 90.9 cm³/mol. The Bertz CT molecular complexity index is 510. The van der Waals surface area contributed by atoms with Gasteiger partial charge in [-0.05, 0) is 6.42 Å². The molecule has 1 unspecified atom stereocenters. The van der Waals surface area contributed by atoms with Crippen molar-refractivity contribution < 1.29 is 28.8 Å². The highest BCUT2D eigenvalue weighted by Crippen LogP contribution is 2.35. The number of ether oxygens (including phenoxy) is 5. The van der Waals surface area contributed by atoms with Crippen LogP contribution in [0.2, 0.25) is 0 Å². The van der Waals surface area contributed by atoms with E-state index in [2.05, 4.69) is 6.92 Å². The molecule has 3 rings (SSSR count). The number of rotatable bonds is 7. The Kier molecular flexibility index (Phi) is 6.81. The Balaban J connectivity index is 1.65. The lowest BCUT2D eigenvalue weighted by molar-refractivity contribution is -0.362. The summed E-state index contributed by atoms with van der Waals surface area (Å²) in [5.74, 6) is 0. The van der Waals surface area contributed by atoms with Crippen molar-refractivity contribution in [1.82, 2.24) is 0 Å². The van der Waals surface area contributed by atoms with Gasteiger partial charge >= 0.3 is 0 Å². The number of aliphatic hydroxyl groups is 1. The van der Waals surface area contributed by atoms with Gasteiger partial charge in [0.15, 0.2) is 12.6 Å². The molecule has 0 aromatic heterocycles. The molecule has 2 aliphatic heterocycles. The molecular formula is C19H28O6. The van der Waals surface area contributed by atoms with Crippen molar-refractivity contribution in [2.24, 2.45) is 0 Å². The zero-order chi connectivity index (χ0) is 17.6. The number of unbranched alkanes of at least 4 members (excludes halogenated alkanes) is 2. The van der Waals surface area contributed by atoms with Gasteiger partial charge in [-0.1, -0.05) is 50.1 Å². The summed E-state index contributed by atoms with van der Waals surface area (Å²) in [5.41, 5.74) is 0.919.